The molecule has 0 aliphatic heterocycles. The maximum Gasteiger partial charge on any atom is 0.265 e. The fourth-order valence-electron chi connectivity index (χ4n) is 4.62. The van der Waals surface area contributed by atoms with E-state index < -0.39 is 29.1 Å². The monoisotopic (exact) mass is 620 g/mol. The number of nitrogens with one attached hydrogen (secondary N) is 2. The molecule has 44 heavy (non-hydrogen) atoms. The highest BCUT2D eigenvalue weighted by molar-refractivity contribution is 6.45. The number of carbonyl (C=O) groups is 3. The molecule has 3 aromatic carbocycles. The van der Waals surface area contributed by atoms with Crippen LogP contribution in [0.5, 0.6) is 11.5 Å². The molecular weight excluding hydrogens is 576 g/mol. The SMILES string of the molecule is CCC(Oc1ccc(C(C)(C)CC)cc1C(C)(C)CC)C(=O)Nc1cc(C(=O)C(Cl)C(=O)Nc2ccccc2)ccc1OC. The Morgan fingerprint density at radius 2 is 1.43 bits per heavy atom. The van der Waals surface area contributed by atoms with Crippen molar-refractivity contribution in [1.82, 2.24) is 0 Å². The third-order valence-corrected chi connectivity index (χ3v) is 8.83. The van der Waals surface area contributed by atoms with Crippen molar-refractivity contribution < 1.29 is 23.9 Å². The van der Waals surface area contributed by atoms with E-state index in [-0.39, 0.29) is 22.1 Å². The topological polar surface area (TPSA) is 93.7 Å². The molecule has 0 saturated carbocycles. The molecule has 0 aromatic heterocycles. The Labute approximate surface area is 266 Å². The zero-order valence-electron chi connectivity index (χ0n) is 27.0. The molecule has 0 fully saturated rings. The van der Waals surface area contributed by atoms with Crippen LogP contribution in [-0.2, 0) is 20.4 Å². The number of rotatable bonds is 14. The standard InChI is InChI=1S/C36H45ClN2O5/c1-9-28(44-29-20-18-24(35(4,5)10-2)22-26(29)36(6,7)11-3)33(41)39-27-21-23(17-19-30(27)43-8)32(40)31(37)34(42)38-25-15-13-12-14-16-25/h12-22,28,31H,9-11H2,1-8H3,(H,38,42)(H,39,41). The minimum Gasteiger partial charge on any atom is -0.495 e. The number of anilines is 2. The minimum absolute atomic E-state index is 0.00188. The average Bonchev–Trinajstić information content (AvgIpc) is 3.03. The average molecular weight is 621 g/mol. The molecule has 0 spiro atoms. The van der Waals surface area contributed by atoms with Crippen LogP contribution in [0.4, 0.5) is 11.4 Å². The van der Waals surface area contributed by atoms with Gasteiger partial charge in [0.2, 0.25) is 5.91 Å². The van der Waals surface area contributed by atoms with Gasteiger partial charge in [0.25, 0.3) is 5.91 Å². The number of para-hydroxylation sites is 1. The van der Waals surface area contributed by atoms with Gasteiger partial charge in [-0.1, -0.05) is 78.8 Å². The van der Waals surface area contributed by atoms with Crippen molar-refractivity contribution in [3.8, 4) is 11.5 Å². The van der Waals surface area contributed by atoms with Crippen LogP contribution < -0.4 is 20.1 Å². The van der Waals surface area contributed by atoms with Crippen LogP contribution in [0, 0.1) is 0 Å². The second kappa shape index (κ2) is 14.8. The van der Waals surface area contributed by atoms with Crippen LogP contribution in [0.25, 0.3) is 0 Å². The molecule has 0 heterocycles. The van der Waals surface area contributed by atoms with E-state index >= 15 is 0 Å². The Morgan fingerprint density at radius 3 is 2.02 bits per heavy atom. The van der Waals surface area contributed by atoms with E-state index in [4.69, 9.17) is 21.1 Å². The summed E-state index contributed by atoms with van der Waals surface area (Å²) in [5, 5.41) is 4.03. The van der Waals surface area contributed by atoms with E-state index in [1.807, 2.05) is 19.1 Å². The largest absolute Gasteiger partial charge is 0.495 e. The van der Waals surface area contributed by atoms with E-state index in [1.165, 1.54) is 24.8 Å². The minimum atomic E-state index is -1.47. The molecule has 0 saturated heterocycles. The molecule has 2 atom stereocenters. The van der Waals surface area contributed by atoms with Crippen LogP contribution in [0.3, 0.4) is 0 Å². The third kappa shape index (κ3) is 8.20. The fraction of sp³-hybridized carbons (Fsp3) is 0.417. The molecule has 236 valence electrons. The summed E-state index contributed by atoms with van der Waals surface area (Å²) < 4.78 is 11.9. The number of hydrogen-bond acceptors (Lipinski definition) is 5. The van der Waals surface area contributed by atoms with Crippen LogP contribution in [0.2, 0.25) is 0 Å². The molecular formula is C36H45ClN2O5. The van der Waals surface area contributed by atoms with Crippen LogP contribution in [0.15, 0.2) is 66.7 Å². The van der Waals surface area contributed by atoms with Gasteiger partial charge >= 0.3 is 0 Å². The third-order valence-electron chi connectivity index (χ3n) is 8.43. The van der Waals surface area contributed by atoms with Crippen molar-refractivity contribution in [3.63, 3.8) is 0 Å². The molecule has 0 bridgehead atoms. The van der Waals surface area contributed by atoms with Crippen molar-refractivity contribution in [2.75, 3.05) is 17.7 Å². The lowest BCUT2D eigenvalue weighted by molar-refractivity contribution is -0.123. The van der Waals surface area contributed by atoms with Gasteiger partial charge in [-0.15, -0.1) is 11.6 Å². The highest BCUT2D eigenvalue weighted by Crippen LogP contribution is 2.39. The first kappa shape index (κ1) is 34.6. The van der Waals surface area contributed by atoms with Crippen molar-refractivity contribution in [1.29, 1.82) is 0 Å². The van der Waals surface area contributed by atoms with Crippen molar-refractivity contribution in [3.05, 3.63) is 83.4 Å². The number of ketones is 1. The molecule has 2 amide bonds. The number of ether oxygens (including phenoxy) is 2. The van der Waals surface area contributed by atoms with Gasteiger partial charge in [0.1, 0.15) is 11.5 Å². The molecule has 7 nitrogen and oxygen atoms in total. The smallest absolute Gasteiger partial charge is 0.265 e. The lowest BCUT2D eigenvalue weighted by Gasteiger charge is -2.31. The predicted octanol–water partition coefficient (Wildman–Crippen LogP) is 8.30. The van der Waals surface area contributed by atoms with Crippen molar-refractivity contribution in [2.24, 2.45) is 0 Å². The van der Waals surface area contributed by atoms with Gasteiger partial charge < -0.3 is 20.1 Å². The Hall–Kier alpha value is -3.84. The number of Topliss-reactive ketones (excluding diaryl/α,β-unsaturated/α-hetero) is 1. The van der Waals surface area contributed by atoms with E-state index in [1.54, 1.807) is 30.3 Å². The number of amides is 2. The second-order valence-electron chi connectivity index (χ2n) is 12.2. The maximum absolute atomic E-state index is 13.6. The Kier molecular flexibility index (Phi) is 11.6. The second-order valence-corrected chi connectivity index (χ2v) is 12.6. The summed E-state index contributed by atoms with van der Waals surface area (Å²) in [5.74, 6) is -0.632. The lowest BCUT2D eigenvalue weighted by Crippen LogP contribution is -2.34. The normalized spacial score (nSPS) is 13.0. The van der Waals surface area contributed by atoms with E-state index in [9.17, 15) is 14.4 Å². The highest BCUT2D eigenvalue weighted by atomic mass is 35.5. The van der Waals surface area contributed by atoms with E-state index in [0.29, 0.717) is 23.6 Å². The number of methoxy groups -OCH3 is 1. The summed E-state index contributed by atoms with van der Waals surface area (Å²) in [7, 11) is 1.47. The number of carbonyl (C=O) groups excluding carboxylic acids is 3. The number of alkyl halides is 1. The summed E-state index contributed by atoms with van der Waals surface area (Å²) >= 11 is 6.27. The first-order valence-corrected chi connectivity index (χ1v) is 15.6. The van der Waals surface area contributed by atoms with Gasteiger partial charge in [0, 0.05) is 16.8 Å². The molecule has 3 aromatic rings. The van der Waals surface area contributed by atoms with Gasteiger partial charge in [-0.2, -0.15) is 0 Å². The van der Waals surface area contributed by atoms with Crippen LogP contribution in [-0.4, -0.2) is 36.2 Å². The molecule has 0 aliphatic rings. The first-order valence-electron chi connectivity index (χ1n) is 15.1. The molecule has 3 rings (SSSR count). The Morgan fingerprint density at radius 1 is 0.795 bits per heavy atom. The van der Waals surface area contributed by atoms with Gasteiger partial charge in [-0.3, -0.25) is 14.4 Å². The zero-order valence-corrected chi connectivity index (χ0v) is 27.8. The van der Waals surface area contributed by atoms with Gasteiger partial charge in [0.15, 0.2) is 17.3 Å². The van der Waals surface area contributed by atoms with Gasteiger partial charge in [-0.25, -0.2) is 0 Å². The maximum atomic E-state index is 13.6. The van der Waals surface area contributed by atoms with Gasteiger partial charge in [0.05, 0.1) is 12.8 Å². The first-order chi connectivity index (χ1) is 20.8. The summed E-state index contributed by atoms with van der Waals surface area (Å²) in [6.45, 7) is 15.0. The molecule has 2 N–H and O–H groups in total. The zero-order chi connectivity index (χ0) is 32.7. The molecule has 2 unspecified atom stereocenters. The Balaban J connectivity index is 1.85. The van der Waals surface area contributed by atoms with Crippen molar-refractivity contribution in [2.45, 2.75) is 90.0 Å². The Bertz CT molecular complexity index is 1470. The van der Waals surface area contributed by atoms with Crippen LogP contribution >= 0.6 is 11.6 Å². The number of hydrogen-bond donors (Lipinski definition) is 2. The predicted molar refractivity (Wildman–Crippen MR) is 178 cm³/mol. The summed E-state index contributed by atoms with van der Waals surface area (Å²) in [5.41, 5.74) is 3.05. The highest BCUT2D eigenvalue weighted by Gasteiger charge is 2.30. The van der Waals surface area contributed by atoms with Crippen LogP contribution in [0.1, 0.15) is 89.2 Å². The molecule has 0 radical (unpaired) electrons. The quantitative estimate of drug-likeness (QED) is 0.107. The number of benzene rings is 3. The lowest BCUT2D eigenvalue weighted by atomic mass is 9.76. The van der Waals surface area contributed by atoms with Gasteiger partial charge in [-0.05, 0) is 72.1 Å². The van der Waals surface area contributed by atoms with E-state index in [0.717, 1.165) is 18.4 Å². The van der Waals surface area contributed by atoms with E-state index in [2.05, 4.69) is 64.3 Å². The number of halogens is 1. The summed E-state index contributed by atoms with van der Waals surface area (Å²) in [4.78, 5) is 39.4. The molecule has 0 aliphatic carbocycles. The fourth-order valence-corrected chi connectivity index (χ4v) is 4.80. The summed E-state index contributed by atoms with van der Waals surface area (Å²) in [6.07, 6.45) is 1.48. The molecule has 8 heteroatoms. The van der Waals surface area contributed by atoms with Crippen molar-refractivity contribution >= 4 is 40.6 Å². The summed E-state index contributed by atoms with van der Waals surface area (Å²) in [6, 6.07) is 19.5.